The van der Waals surface area contributed by atoms with Crippen LogP contribution in [0.1, 0.15) is 39.5 Å². The van der Waals surface area contributed by atoms with Crippen molar-refractivity contribution >= 4 is 10.0 Å². The molecule has 1 unspecified atom stereocenters. The predicted octanol–water partition coefficient (Wildman–Crippen LogP) is 1.21. The Kier molecular flexibility index (Phi) is 3.54. The number of rotatable bonds is 2. The maximum absolute atomic E-state index is 12.1. The molecule has 0 spiro atoms. The Morgan fingerprint density at radius 3 is 2.24 bits per heavy atom. The molecule has 2 rings (SSSR count). The zero-order valence-corrected chi connectivity index (χ0v) is 11.5. The van der Waals surface area contributed by atoms with Crippen LogP contribution in [0.3, 0.4) is 0 Å². The fourth-order valence-electron chi connectivity index (χ4n) is 3.17. The second-order valence-electron chi connectivity index (χ2n) is 5.98. The molecule has 0 aromatic heterocycles. The van der Waals surface area contributed by atoms with E-state index in [4.69, 9.17) is 0 Å². The van der Waals surface area contributed by atoms with Crippen molar-refractivity contribution in [2.24, 2.45) is 11.8 Å². The van der Waals surface area contributed by atoms with E-state index < -0.39 is 15.6 Å². The van der Waals surface area contributed by atoms with Gasteiger partial charge in [0.25, 0.3) is 0 Å². The summed E-state index contributed by atoms with van der Waals surface area (Å²) in [7, 11) is -3.15. The van der Waals surface area contributed by atoms with Crippen molar-refractivity contribution < 1.29 is 13.5 Å². The van der Waals surface area contributed by atoms with E-state index in [2.05, 4.69) is 6.92 Å². The lowest BCUT2D eigenvalue weighted by molar-refractivity contribution is 0.0456. The zero-order chi connectivity index (χ0) is 12.7. The highest BCUT2D eigenvalue weighted by molar-refractivity contribution is 7.89. The second-order valence-corrected chi connectivity index (χ2v) is 7.92. The highest BCUT2D eigenvalue weighted by Crippen LogP contribution is 2.40. The standard InChI is InChI=1S/C12H23NO3S/c1-10-3-5-12(9-14,6-4-10)13-7-11(2)8-17(13,15)16/h10-11,14H,3-9H2,1-2H3. The average Bonchev–Trinajstić information content (AvgIpc) is 2.54. The summed E-state index contributed by atoms with van der Waals surface area (Å²) < 4.78 is 25.9. The summed E-state index contributed by atoms with van der Waals surface area (Å²) in [6, 6.07) is 0. The molecule has 5 heteroatoms. The zero-order valence-electron chi connectivity index (χ0n) is 10.7. The van der Waals surface area contributed by atoms with E-state index >= 15 is 0 Å². The third-order valence-corrected chi connectivity index (χ3v) is 6.53. The average molecular weight is 261 g/mol. The molecule has 0 radical (unpaired) electrons. The predicted molar refractivity (Wildman–Crippen MR) is 67.1 cm³/mol. The Bertz CT molecular complexity index is 371. The van der Waals surface area contributed by atoms with Gasteiger partial charge in [-0.2, -0.15) is 4.31 Å². The maximum atomic E-state index is 12.1. The van der Waals surface area contributed by atoms with Crippen LogP contribution in [0.15, 0.2) is 0 Å². The van der Waals surface area contributed by atoms with Gasteiger partial charge in [-0.05, 0) is 37.5 Å². The Morgan fingerprint density at radius 2 is 1.82 bits per heavy atom. The molecule has 100 valence electrons. The number of hydrogen-bond acceptors (Lipinski definition) is 3. The molecule has 1 N–H and O–H groups in total. The third kappa shape index (κ3) is 2.37. The van der Waals surface area contributed by atoms with Crippen LogP contribution in [0.4, 0.5) is 0 Å². The Balaban J connectivity index is 2.24. The smallest absolute Gasteiger partial charge is 0.215 e. The summed E-state index contributed by atoms with van der Waals surface area (Å²) in [5.74, 6) is 1.07. The van der Waals surface area contributed by atoms with Crippen molar-refractivity contribution in [3.8, 4) is 0 Å². The van der Waals surface area contributed by atoms with E-state index in [0.29, 0.717) is 12.5 Å². The lowest BCUT2D eigenvalue weighted by Crippen LogP contribution is -2.54. The van der Waals surface area contributed by atoms with Crippen LogP contribution in [0, 0.1) is 11.8 Å². The molecule has 2 fully saturated rings. The highest BCUT2D eigenvalue weighted by atomic mass is 32.2. The number of aliphatic hydroxyl groups excluding tert-OH is 1. The van der Waals surface area contributed by atoms with Gasteiger partial charge in [0.05, 0.1) is 17.9 Å². The van der Waals surface area contributed by atoms with Gasteiger partial charge < -0.3 is 5.11 Å². The minimum atomic E-state index is -3.15. The van der Waals surface area contributed by atoms with Gasteiger partial charge in [-0.3, -0.25) is 0 Å². The molecule has 0 aromatic rings. The fraction of sp³-hybridized carbons (Fsp3) is 1.00. The summed E-state index contributed by atoms with van der Waals surface area (Å²) in [6.45, 7) is 4.71. The van der Waals surface area contributed by atoms with E-state index in [-0.39, 0.29) is 18.3 Å². The van der Waals surface area contributed by atoms with Gasteiger partial charge in [0.15, 0.2) is 0 Å². The maximum Gasteiger partial charge on any atom is 0.215 e. The quantitative estimate of drug-likeness (QED) is 0.813. The van der Waals surface area contributed by atoms with Crippen LogP contribution >= 0.6 is 0 Å². The van der Waals surface area contributed by atoms with E-state index in [1.54, 1.807) is 4.31 Å². The molecule has 17 heavy (non-hydrogen) atoms. The molecule has 1 atom stereocenters. The first-order valence-corrected chi connectivity index (χ1v) is 8.12. The van der Waals surface area contributed by atoms with Crippen molar-refractivity contribution in [2.45, 2.75) is 45.1 Å². The van der Waals surface area contributed by atoms with E-state index in [1.807, 2.05) is 6.92 Å². The second kappa shape index (κ2) is 4.52. The minimum absolute atomic E-state index is 0.0360. The molecule has 1 saturated carbocycles. The number of nitrogens with zero attached hydrogens (tertiary/aromatic N) is 1. The summed E-state index contributed by atoms with van der Waals surface area (Å²) in [6.07, 6.45) is 3.63. The monoisotopic (exact) mass is 261 g/mol. The Morgan fingerprint density at radius 1 is 1.24 bits per heavy atom. The van der Waals surface area contributed by atoms with Gasteiger partial charge in [0.1, 0.15) is 0 Å². The first-order valence-electron chi connectivity index (χ1n) is 6.51. The molecule has 1 saturated heterocycles. The van der Waals surface area contributed by atoms with Crippen LogP contribution in [0.5, 0.6) is 0 Å². The largest absolute Gasteiger partial charge is 0.394 e. The van der Waals surface area contributed by atoms with Gasteiger partial charge in [0, 0.05) is 6.54 Å². The summed E-state index contributed by atoms with van der Waals surface area (Å²) >= 11 is 0. The molecular weight excluding hydrogens is 238 g/mol. The van der Waals surface area contributed by atoms with Gasteiger partial charge in [-0.25, -0.2) is 8.42 Å². The van der Waals surface area contributed by atoms with Crippen molar-refractivity contribution in [3.63, 3.8) is 0 Å². The van der Waals surface area contributed by atoms with Crippen molar-refractivity contribution in [3.05, 3.63) is 0 Å². The summed E-state index contributed by atoms with van der Waals surface area (Å²) in [5, 5.41) is 9.70. The highest BCUT2D eigenvalue weighted by Gasteiger charge is 2.48. The first-order chi connectivity index (χ1) is 7.89. The molecular formula is C12H23NO3S. The van der Waals surface area contributed by atoms with E-state index in [0.717, 1.165) is 25.7 Å². The minimum Gasteiger partial charge on any atom is -0.394 e. The number of aliphatic hydroxyl groups is 1. The van der Waals surface area contributed by atoms with Crippen molar-refractivity contribution in [1.82, 2.24) is 4.31 Å². The fourth-order valence-corrected chi connectivity index (χ4v) is 5.49. The van der Waals surface area contributed by atoms with Crippen molar-refractivity contribution in [1.29, 1.82) is 0 Å². The molecule has 1 aliphatic heterocycles. The normalized spacial score (nSPS) is 42.8. The van der Waals surface area contributed by atoms with Crippen LogP contribution in [0.2, 0.25) is 0 Å². The summed E-state index contributed by atoms with van der Waals surface area (Å²) in [5.41, 5.74) is -0.504. The van der Waals surface area contributed by atoms with Gasteiger partial charge in [-0.15, -0.1) is 0 Å². The topological polar surface area (TPSA) is 57.6 Å². The molecule has 0 bridgehead atoms. The van der Waals surface area contributed by atoms with Crippen LogP contribution < -0.4 is 0 Å². The lowest BCUT2D eigenvalue weighted by atomic mass is 9.77. The Hall–Kier alpha value is -0.130. The van der Waals surface area contributed by atoms with Gasteiger partial charge >= 0.3 is 0 Å². The van der Waals surface area contributed by atoms with Crippen LogP contribution in [-0.4, -0.2) is 42.3 Å². The van der Waals surface area contributed by atoms with Crippen LogP contribution in [-0.2, 0) is 10.0 Å². The van der Waals surface area contributed by atoms with Crippen molar-refractivity contribution in [2.75, 3.05) is 18.9 Å². The van der Waals surface area contributed by atoms with E-state index in [9.17, 15) is 13.5 Å². The molecule has 4 nitrogen and oxygen atoms in total. The molecule has 1 aliphatic carbocycles. The summed E-state index contributed by atoms with van der Waals surface area (Å²) in [4.78, 5) is 0. The van der Waals surface area contributed by atoms with E-state index in [1.165, 1.54) is 0 Å². The third-order valence-electron chi connectivity index (χ3n) is 4.34. The number of sulfonamides is 1. The Labute approximate surface area is 104 Å². The lowest BCUT2D eigenvalue weighted by Gasteiger charge is -2.43. The molecule has 0 aromatic carbocycles. The SMILES string of the molecule is CC1CCC(CO)(N2CC(C)CS2(=O)=O)CC1. The van der Waals surface area contributed by atoms with Gasteiger partial charge in [-0.1, -0.05) is 13.8 Å². The number of hydrogen-bond donors (Lipinski definition) is 1. The van der Waals surface area contributed by atoms with Gasteiger partial charge in [0.2, 0.25) is 10.0 Å². The molecule has 0 amide bonds. The molecule has 1 heterocycles. The molecule has 2 aliphatic rings. The first kappa shape index (κ1) is 13.3. The van der Waals surface area contributed by atoms with Crippen LogP contribution in [0.25, 0.3) is 0 Å².